The summed E-state index contributed by atoms with van der Waals surface area (Å²) in [5.41, 5.74) is 7.50. The van der Waals surface area contributed by atoms with E-state index in [1.165, 1.54) is 16.7 Å². The zero-order valence-electron chi connectivity index (χ0n) is 22.9. The third-order valence-corrected chi connectivity index (χ3v) is 7.66. The van der Waals surface area contributed by atoms with E-state index in [1.807, 2.05) is 48.5 Å². The number of hydrogen-bond donors (Lipinski definition) is 2. The fraction of sp³-hybridized carbons (Fsp3) is 0.294. The van der Waals surface area contributed by atoms with Gasteiger partial charge in [-0.2, -0.15) is 5.43 Å². The van der Waals surface area contributed by atoms with Crippen LogP contribution in [0.15, 0.2) is 97.1 Å². The maximum atomic E-state index is 13.7. The van der Waals surface area contributed by atoms with Crippen molar-refractivity contribution >= 4 is 22.6 Å². The van der Waals surface area contributed by atoms with Crippen LogP contribution >= 0.6 is 0 Å². The molecule has 1 aliphatic heterocycles. The van der Waals surface area contributed by atoms with Gasteiger partial charge in [0, 0.05) is 24.0 Å². The van der Waals surface area contributed by atoms with Crippen LogP contribution in [0.25, 0.3) is 21.9 Å². The number of amides is 2. The topological polar surface area (TPSA) is 58.2 Å². The predicted molar refractivity (Wildman–Crippen MR) is 158 cm³/mol. The normalized spacial score (nSPS) is 15.3. The molecule has 0 saturated carbocycles. The minimum Gasteiger partial charge on any atom is -0.340 e. The summed E-state index contributed by atoms with van der Waals surface area (Å²) < 4.78 is 0.518. The average Bonchev–Trinajstić information content (AvgIpc) is 3.40. The Morgan fingerprint density at radius 1 is 0.769 bits per heavy atom. The van der Waals surface area contributed by atoms with E-state index in [9.17, 15) is 9.59 Å². The lowest BCUT2D eigenvalue weighted by Crippen LogP contribution is -2.62. The van der Waals surface area contributed by atoms with Crippen molar-refractivity contribution in [3.05, 3.63) is 108 Å². The Hall–Kier alpha value is -3.96. The molecule has 5 nitrogen and oxygen atoms in total. The van der Waals surface area contributed by atoms with Crippen LogP contribution in [0, 0.1) is 5.92 Å². The smallest absolute Gasteiger partial charge is 0.287 e. The van der Waals surface area contributed by atoms with Gasteiger partial charge in [0.05, 0.1) is 0 Å². The molecule has 1 aliphatic rings. The van der Waals surface area contributed by atoms with Gasteiger partial charge < -0.3 is 5.32 Å². The molecule has 0 bridgehead atoms. The van der Waals surface area contributed by atoms with Crippen LogP contribution in [0.2, 0.25) is 0 Å². The van der Waals surface area contributed by atoms with E-state index in [0.29, 0.717) is 16.6 Å². The number of carbonyl (C=O) groups is 2. The number of quaternary nitrogens is 1. The first kappa shape index (κ1) is 26.6. The lowest BCUT2D eigenvalue weighted by atomic mass is 10.0. The maximum absolute atomic E-state index is 13.7. The summed E-state index contributed by atoms with van der Waals surface area (Å²) in [4.78, 5) is 27.0. The number of fused-ring (bicyclic) bond motifs is 1. The number of carbonyl (C=O) groups excluding carboxylic acids is 2. The van der Waals surface area contributed by atoms with Gasteiger partial charge in [0.1, 0.15) is 25.7 Å². The molecule has 1 fully saturated rings. The summed E-state index contributed by atoms with van der Waals surface area (Å²) in [6, 6.07) is 32.1. The van der Waals surface area contributed by atoms with Crippen LogP contribution in [0.3, 0.4) is 0 Å². The number of nitrogens with one attached hydrogen (secondary N) is 2. The Morgan fingerprint density at radius 2 is 1.41 bits per heavy atom. The maximum Gasteiger partial charge on any atom is 0.287 e. The van der Waals surface area contributed by atoms with Gasteiger partial charge in [-0.05, 0) is 46.4 Å². The minimum atomic E-state index is -0.597. The quantitative estimate of drug-likeness (QED) is 0.248. The lowest BCUT2D eigenvalue weighted by molar-refractivity contribution is -0.963. The number of hydrogen-bond acceptors (Lipinski definition) is 2. The predicted octanol–water partition coefficient (Wildman–Crippen LogP) is 6.49. The highest BCUT2D eigenvalue weighted by Gasteiger charge is 2.37. The first-order valence-corrected chi connectivity index (χ1v) is 14.0. The zero-order valence-corrected chi connectivity index (χ0v) is 22.9. The summed E-state index contributed by atoms with van der Waals surface area (Å²) in [6.07, 6.45) is 2.72. The highest BCUT2D eigenvalue weighted by Crippen LogP contribution is 2.24. The van der Waals surface area contributed by atoms with Gasteiger partial charge in [-0.15, -0.1) is 0 Å². The highest BCUT2D eigenvalue weighted by molar-refractivity contribution is 6.00. The highest BCUT2D eigenvalue weighted by atomic mass is 16.2. The monoisotopic (exact) mass is 520 g/mol. The van der Waals surface area contributed by atoms with Crippen molar-refractivity contribution < 1.29 is 14.2 Å². The molecule has 0 spiro atoms. The van der Waals surface area contributed by atoms with Crippen molar-refractivity contribution in [1.82, 2.24) is 10.7 Å². The van der Waals surface area contributed by atoms with Crippen molar-refractivity contribution in [3.8, 4) is 11.1 Å². The minimum absolute atomic E-state index is 0.111. The van der Waals surface area contributed by atoms with E-state index >= 15 is 0 Å². The van der Waals surface area contributed by atoms with E-state index in [0.717, 1.165) is 43.2 Å². The van der Waals surface area contributed by atoms with Gasteiger partial charge >= 0.3 is 0 Å². The average molecular weight is 521 g/mol. The largest absolute Gasteiger partial charge is 0.340 e. The molecule has 4 aromatic carbocycles. The molecule has 0 aromatic heterocycles. The summed E-state index contributed by atoms with van der Waals surface area (Å²) in [7, 11) is 0. The van der Waals surface area contributed by atoms with E-state index < -0.39 is 6.04 Å². The van der Waals surface area contributed by atoms with Crippen molar-refractivity contribution in [2.75, 3.05) is 13.1 Å². The molecular weight excluding hydrogens is 482 g/mol. The molecule has 2 amide bonds. The van der Waals surface area contributed by atoms with Crippen molar-refractivity contribution in [2.45, 2.75) is 45.7 Å². The number of likely N-dealkylation sites (tertiary alicyclic amines) is 1. The molecule has 39 heavy (non-hydrogen) atoms. The van der Waals surface area contributed by atoms with E-state index in [4.69, 9.17) is 0 Å². The summed E-state index contributed by atoms with van der Waals surface area (Å²) >= 11 is 0. The Labute approximate surface area is 231 Å². The van der Waals surface area contributed by atoms with Gasteiger partial charge in [-0.1, -0.05) is 98.8 Å². The molecule has 5 heteroatoms. The zero-order chi connectivity index (χ0) is 27.2. The molecule has 1 heterocycles. The SMILES string of the molecule is CC(C)C[C@H](NC(=O)c1ccc2ccccc2c1)C(=O)N[N+]1(Cc2ccc(-c3ccccc3)cc2)CCCC1. The van der Waals surface area contributed by atoms with Crippen LogP contribution in [-0.2, 0) is 11.3 Å². The van der Waals surface area contributed by atoms with E-state index in [1.54, 1.807) is 0 Å². The molecule has 5 rings (SSSR count). The summed E-state index contributed by atoms with van der Waals surface area (Å²) in [6.45, 7) is 6.67. The second kappa shape index (κ2) is 11.8. The summed E-state index contributed by atoms with van der Waals surface area (Å²) in [5.74, 6) is -0.0677. The van der Waals surface area contributed by atoms with Gasteiger partial charge in [0.2, 0.25) is 0 Å². The number of nitrogens with zero attached hydrogens (tertiary/aromatic N) is 1. The van der Waals surface area contributed by atoms with Crippen LogP contribution in [0.5, 0.6) is 0 Å². The second-order valence-corrected chi connectivity index (χ2v) is 11.2. The Kier molecular flexibility index (Phi) is 8.08. The number of benzene rings is 4. The third-order valence-electron chi connectivity index (χ3n) is 7.66. The first-order chi connectivity index (χ1) is 18.9. The molecular formula is C34H38N3O2+. The Bertz CT molecular complexity index is 1420. The van der Waals surface area contributed by atoms with Crippen LogP contribution in [-0.4, -0.2) is 35.5 Å². The van der Waals surface area contributed by atoms with Crippen molar-refractivity contribution in [3.63, 3.8) is 0 Å². The van der Waals surface area contributed by atoms with Gasteiger partial charge in [0.15, 0.2) is 0 Å². The fourth-order valence-corrected chi connectivity index (χ4v) is 5.62. The Balaban J connectivity index is 1.30. The molecule has 0 radical (unpaired) electrons. The molecule has 200 valence electrons. The Morgan fingerprint density at radius 3 is 2.10 bits per heavy atom. The molecule has 0 aliphatic carbocycles. The van der Waals surface area contributed by atoms with E-state index in [2.05, 4.69) is 73.1 Å². The molecule has 4 aromatic rings. The fourth-order valence-electron chi connectivity index (χ4n) is 5.62. The number of rotatable bonds is 9. The van der Waals surface area contributed by atoms with Gasteiger partial charge in [-0.25, -0.2) is 4.59 Å². The van der Waals surface area contributed by atoms with Crippen molar-refractivity contribution in [1.29, 1.82) is 0 Å². The van der Waals surface area contributed by atoms with Crippen molar-refractivity contribution in [2.24, 2.45) is 5.92 Å². The van der Waals surface area contributed by atoms with Crippen LogP contribution in [0.4, 0.5) is 0 Å². The van der Waals surface area contributed by atoms with Crippen LogP contribution in [0.1, 0.15) is 49.0 Å². The lowest BCUT2D eigenvalue weighted by Gasteiger charge is -2.35. The van der Waals surface area contributed by atoms with Gasteiger partial charge in [-0.3, -0.25) is 9.59 Å². The summed E-state index contributed by atoms with van der Waals surface area (Å²) in [5, 5.41) is 5.14. The van der Waals surface area contributed by atoms with Gasteiger partial charge in [0.25, 0.3) is 11.8 Å². The second-order valence-electron chi connectivity index (χ2n) is 11.2. The molecule has 1 atom stereocenters. The molecule has 2 N–H and O–H groups in total. The van der Waals surface area contributed by atoms with E-state index in [-0.39, 0.29) is 17.7 Å². The standard InChI is InChI=1S/C34H37N3O2/c1-25(2)22-32(35-33(38)31-19-18-28-12-6-7-13-30(28)23-31)34(39)36-37(20-8-9-21-37)24-26-14-16-29(17-15-26)27-10-4-3-5-11-27/h3-7,10-19,23,25,32H,8-9,20-22,24H2,1-2H3,(H-,35,36,38,39)/p+1/t32-/m0/s1. The molecule has 0 unspecified atom stereocenters. The van der Waals surface area contributed by atoms with Crippen LogP contribution < -0.4 is 10.7 Å². The third kappa shape index (κ3) is 6.55. The molecule has 1 saturated heterocycles. The first-order valence-electron chi connectivity index (χ1n) is 14.0.